The molecule has 5 nitrogen and oxygen atoms in total. The van der Waals surface area contributed by atoms with Crippen molar-refractivity contribution in [1.29, 1.82) is 0 Å². The second kappa shape index (κ2) is 8.99. The fourth-order valence-corrected chi connectivity index (χ4v) is 2.60. The zero-order chi connectivity index (χ0) is 19.9. The molecule has 0 aliphatic carbocycles. The average molecular weight is 379 g/mol. The van der Waals surface area contributed by atoms with Crippen LogP contribution in [-0.4, -0.2) is 17.5 Å². The third-order valence-electron chi connectivity index (χ3n) is 4.17. The molecule has 0 bridgehead atoms. The molecule has 2 N–H and O–H groups in total. The van der Waals surface area contributed by atoms with Crippen molar-refractivity contribution in [3.63, 3.8) is 0 Å². The number of anilines is 2. The van der Waals surface area contributed by atoms with Crippen molar-refractivity contribution in [2.45, 2.75) is 20.4 Å². The summed E-state index contributed by atoms with van der Waals surface area (Å²) in [4.78, 5) is 16.3. The van der Waals surface area contributed by atoms with Gasteiger partial charge in [-0.25, -0.2) is 9.37 Å². The van der Waals surface area contributed by atoms with E-state index in [2.05, 4.69) is 15.6 Å². The van der Waals surface area contributed by atoms with E-state index in [9.17, 15) is 9.18 Å². The molecule has 3 rings (SSSR count). The zero-order valence-electron chi connectivity index (χ0n) is 15.8. The fourth-order valence-electron chi connectivity index (χ4n) is 2.60. The van der Waals surface area contributed by atoms with Crippen LogP contribution < -0.4 is 15.4 Å². The molecule has 1 aromatic heterocycles. The number of nitrogens with zero attached hydrogens (tertiary/aromatic N) is 1. The second-order valence-corrected chi connectivity index (χ2v) is 6.48. The van der Waals surface area contributed by atoms with E-state index in [1.165, 1.54) is 6.07 Å². The second-order valence-electron chi connectivity index (χ2n) is 6.48. The van der Waals surface area contributed by atoms with E-state index in [0.717, 1.165) is 11.1 Å². The summed E-state index contributed by atoms with van der Waals surface area (Å²) in [6, 6.07) is 15.9. The van der Waals surface area contributed by atoms with Crippen LogP contribution in [0, 0.1) is 19.7 Å². The number of ether oxygens (including phenoxy) is 1. The Morgan fingerprint density at radius 2 is 1.93 bits per heavy atom. The highest BCUT2D eigenvalue weighted by Crippen LogP contribution is 2.19. The van der Waals surface area contributed by atoms with Gasteiger partial charge >= 0.3 is 0 Å². The molecule has 2 aromatic carbocycles. The van der Waals surface area contributed by atoms with E-state index in [0.29, 0.717) is 29.4 Å². The summed E-state index contributed by atoms with van der Waals surface area (Å²) < 4.78 is 19.2. The average Bonchev–Trinajstić information content (AvgIpc) is 2.69. The Morgan fingerprint density at radius 3 is 2.68 bits per heavy atom. The number of carbonyl (C=O) groups is 1. The molecule has 0 radical (unpaired) electrons. The first-order valence-electron chi connectivity index (χ1n) is 8.94. The Morgan fingerprint density at radius 1 is 1.11 bits per heavy atom. The summed E-state index contributed by atoms with van der Waals surface area (Å²) in [5.74, 6) is 0.756. The number of pyridine rings is 1. The Bertz CT molecular complexity index is 958. The predicted molar refractivity (Wildman–Crippen MR) is 108 cm³/mol. The molecule has 0 unspecified atom stereocenters. The first-order chi connectivity index (χ1) is 13.5. The monoisotopic (exact) mass is 379 g/mol. The molecule has 0 saturated carbocycles. The summed E-state index contributed by atoms with van der Waals surface area (Å²) in [7, 11) is 0. The van der Waals surface area contributed by atoms with Crippen LogP contribution in [-0.2, 0) is 11.3 Å². The Labute approximate surface area is 163 Å². The smallest absolute Gasteiger partial charge is 0.262 e. The number of hydrogen-bond donors (Lipinski definition) is 2. The van der Waals surface area contributed by atoms with E-state index >= 15 is 0 Å². The SMILES string of the molecule is Cc1ccc(C)c(OCC(=O)Nc2ccc(NCc3ccccc3F)nc2)c1. The van der Waals surface area contributed by atoms with Gasteiger partial charge in [0.25, 0.3) is 5.91 Å². The normalized spacial score (nSPS) is 10.4. The van der Waals surface area contributed by atoms with Gasteiger partial charge in [-0.1, -0.05) is 30.3 Å². The minimum atomic E-state index is -0.269. The highest BCUT2D eigenvalue weighted by atomic mass is 19.1. The lowest BCUT2D eigenvalue weighted by molar-refractivity contribution is -0.118. The van der Waals surface area contributed by atoms with Crippen molar-refractivity contribution >= 4 is 17.4 Å². The van der Waals surface area contributed by atoms with Gasteiger partial charge < -0.3 is 15.4 Å². The zero-order valence-corrected chi connectivity index (χ0v) is 15.8. The lowest BCUT2D eigenvalue weighted by Crippen LogP contribution is -2.20. The molecular weight excluding hydrogens is 357 g/mol. The van der Waals surface area contributed by atoms with E-state index < -0.39 is 0 Å². The van der Waals surface area contributed by atoms with Gasteiger partial charge in [0, 0.05) is 12.1 Å². The summed E-state index contributed by atoms with van der Waals surface area (Å²) in [5.41, 5.74) is 3.17. The van der Waals surface area contributed by atoms with Crippen LogP contribution >= 0.6 is 0 Å². The standard InChI is InChI=1S/C22H22FN3O2/c1-15-7-8-16(2)20(11-15)28-14-22(27)26-18-9-10-21(25-13-18)24-12-17-5-3-4-6-19(17)23/h3-11,13H,12,14H2,1-2H3,(H,24,25)(H,26,27). The van der Waals surface area contributed by atoms with Crippen molar-refractivity contribution in [2.75, 3.05) is 17.2 Å². The molecule has 1 amide bonds. The lowest BCUT2D eigenvalue weighted by atomic mass is 10.1. The highest BCUT2D eigenvalue weighted by molar-refractivity contribution is 5.91. The maximum absolute atomic E-state index is 13.6. The van der Waals surface area contributed by atoms with Crippen LogP contribution in [0.25, 0.3) is 0 Å². The summed E-state index contributed by atoms with van der Waals surface area (Å²) >= 11 is 0. The van der Waals surface area contributed by atoms with Crippen LogP contribution in [0.1, 0.15) is 16.7 Å². The van der Waals surface area contributed by atoms with E-state index in [-0.39, 0.29) is 18.3 Å². The molecular formula is C22H22FN3O2. The van der Waals surface area contributed by atoms with Gasteiger partial charge in [0.05, 0.1) is 11.9 Å². The predicted octanol–water partition coefficient (Wildman–Crippen LogP) is 4.47. The molecule has 0 spiro atoms. The number of halogens is 1. The van der Waals surface area contributed by atoms with Gasteiger partial charge in [-0.3, -0.25) is 4.79 Å². The molecule has 0 atom stereocenters. The summed E-state index contributed by atoms with van der Waals surface area (Å²) in [5, 5.41) is 5.79. The maximum Gasteiger partial charge on any atom is 0.262 e. The first-order valence-corrected chi connectivity index (χ1v) is 8.94. The lowest BCUT2D eigenvalue weighted by Gasteiger charge is -2.11. The van der Waals surface area contributed by atoms with Gasteiger partial charge in [-0.2, -0.15) is 0 Å². The number of hydrogen-bond acceptors (Lipinski definition) is 4. The maximum atomic E-state index is 13.6. The molecule has 28 heavy (non-hydrogen) atoms. The Balaban J connectivity index is 1.50. The van der Waals surface area contributed by atoms with Gasteiger partial charge in [-0.05, 0) is 49.2 Å². The van der Waals surface area contributed by atoms with Crippen LogP contribution in [0.2, 0.25) is 0 Å². The van der Waals surface area contributed by atoms with Crippen molar-refractivity contribution in [2.24, 2.45) is 0 Å². The van der Waals surface area contributed by atoms with E-state index in [1.807, 2.05) is 32.0 Å². The summed E-state index contributed by atoms with van der Waals surface area (Å²) in [6.45, 7) is 4.15. The topological polar surface area (TPSA) is 63.2 Å². The molecule has 0 fully saturated rings. The molecule has 0 aliphatic heterocycles. The van der Waals surface area contributed by atoms with Gasteiger partial charge in [0.2, 0.25) is 0 Å². The number of rotatable bonds is 7. The quantitative estimate of drug-likeness (QED) is 0.636. The molecule has 144 valence electrons. The van der Waals surface area contributed by atoms with Gasteiger partial charge in [0.15, 0.2) is 6.61 Å². The van der Waals surface area contributed by atoms with Crippen LogP contribution in [0.5, 0.6) is 5.75 Å². The Kier molecular flexibility index (Phi) is 6.22. The number of nitrogens with one attached hydrogen (secondary N) is 2. The van der Waals surface area contributed by atoms with Crippen LogP contribution in [0.3, 0.4) is 0 Å². The van der Waals surface area contributed by atoms with Crippen molar-refractivity contribution < 1.29 is 13.9 Å². The largest absolute Gasteiger partial charge is 0.483 e. The first kappa shape index (κ1) is 19.4. The van der Waals surface area contributed by atoms with Crippen molar-refractivity contribution in [3.05, 3.63) is 83.3 Å². The summed E-state index contributed by atoms with van der Waals surface area (Å²) in [6.07, 6.45) is 1.54. The van der Waals surface area contributed by atoms with Crippen molar-refractivity contribution in [1.82, 2.24) is 4.98 Å². The van der Waals surface area contributed by atoms with Crippen molar-refractivity contribution in [3.8, 4) is 5.75 Å². The van der Waals surface area contributed by atoms with E-state index in [4.69, 9.17) is 4.74 Å². The number of benzene rings is 2. The van der Waals surface area contributed by atoms with E-state index in [1.54, 1.807) is 36.5 Å². The molecule has 1 heterocycles. The number of aryl methyl sites for hydroxylation is 2. The molecule has 3 aromatic rings. The molecule has 0 aliphatic rings. The van der Waals surface area contributed by atoms with Crippen LogP contribution in [0.15, 0.2) is 60.8 Å². The highest BCUT2D eigenvalue weighted by Gasteiger charge is 2.07. The van der Waals surface area contributed by atoms with Gasteiger partial charge in [0.1, 0.15) is 17.4 Å². The molecule has 6 heteroatoms. The van der Waals surface area contributed by atoms with Crippen LogP contribution in [0.4, 0.5) is 15.9 Å². The number of aromatic nitrogens is 1. The molecule has 0 saturated heterocycles. The number of amides is 1. The third kappa shape index (κ3) is 5.30. The minimum Gasteiger partial charge on any atom is -0.483 e. The Hall–Kier alpha value is -3.41. The fraction of sp³-hybridized carbons (Fsp3) is 0.182. The third-order valence-corrected chi connectivity index (χ3v) is 4.17. The minimum absolute atomic E-state index is 0.0857. The number of carbonyl (C=O) groups excluding carboxylic acids is 1. The van der Waals surface area contributed by atoms with Gasteiger partial charge in [-0.15, -0.1) is 0 Å².